The van der Waals surface area contributed by atoms with Gasteiger partial charge in [-0.15, -0.1) is 0 Å². The van der Waals surface area contributed by atoms with E-state index in [0.29, 0.717) is 22.1 Å². The minimum absolute atomic E-state index is 0.0771. The predicted molar refractivity (Wildman–Crippen MR) is 201 cm³/mol. The van der Waals surface area contributed by atoms with Crippen molar-refractivity contribution in [3.63, 3.8) is 0 Å². The maximum absolute atomic E-state index is 14.5. The molecule has 4 heterocycles. The molecule has 0 spiro atoms. The first-order chi connectivity index (χ1) is 23.5. The summed E-state index contributed by atoms with van der Waals surface area (Å²) in [5.74, 6) is 0. The van der Waals surface area contributed by atoms with E-state index >= 15 is 0 Å². The normalized spacial score (nSPS) is 12.5. The average molecular weight is 637 g/mol. The Morgan fingerprint density at radius 2 is 0.875 bits per heavy atom. The Bertz CT molecular complexity index is 2430. The minimum Gasteiger partial charge on any atom is -0.268 e. The Morgan fingerprint density at radius 1 is 0.500 bits per heavy atom. The van der Waals surface area contributed by atoms with Crippen LogP contribution in [-0.4, -0.2) is 18.8 Å². The van der Waals surface area contributed by atoms with Gasteiger partial charge in [0.05, 0.1) is 22.1 Å². The lowest BCUT2D eigenvalue weighted by atomic mass is 9.96. The second-order valence-corrected chi connectivity index (χ2v) is 13.9. The highest BCUT2D eigenvalue weighted by Gasteiger charge is 2.24. The molecule has 48 heavy (non-hydrogen) atoms. The number of hydrogen-bond acceptors (Lipinski definition) is 4. The molecule has 244 valence electrons. The second-order valence-electron chi connectivity index (χ2n) is 13.9. The van der Waals surface area contributed by atoms with Gasteiger partial charge in [0.25, 0.3) is 11.1 Å². The largest absolute Gasteiger partial charge is 0.268 e. The monoisotopic (exact) mass is 636 g/mol. The van der Waals surface area contributed by atoms with Gasteiger partial charge in [-0.05, 0) is 110 Å². The van der Waals surface area contributed by atoms with E-state index in [4.69, 9.17) is 9.97 Å². The molecule has 8 aromatic rings. The van der Waals surface area contributed by atoms with Crippen LogP contribution in [-0.2, 0) is 25.7 Å². The van der Waals surface area contributed by atoms with Crippen LogP contribution in [0.25, 0.3) is 65.7 Å². The van der Waals surface area contributed by atoms with E-state index in [1.54, 1.807) is 0 Å². The molecule has 0 aliphatic rings. The van der Waals surface area contributed by atoms with Gasteiger partial charge in [-0.2, -0.15) is 0 Å². The van der Waals surface area contributed by atoms with Crippen molar-refractivity contribution in [3.05, 3.63) is 91.5 Å². The maximum Gasteiger partial charge on any atom is 0.264 e. The van der Waals surface area contributed by atoms with Crippen molar-refractivity contribution in [2.45, 2.75) is 105 Å². The summed E-state index contributed by atoms with van der Waals surface area (Å²) in [6.45, 7) is 8.85. The number of aryl methyl sites for hydroxylation is 4. The molecule has 0 saturated heterocycles. The highest BCUT2D eigenvalue weighted by atomic mass is 16.1. The number of aromatic nitrogens is 4. The van der Waals surface area contributed by atoms with E-state index in [-0.39, 0.29) is 11.1 Å². The zero-order valence-electron chi connectivity index (χ0n) is 28.7. The molecule has 0 bridgehead atoms. The molecule has 8 rings (SSSR count). The van der Waals surface area contributed by atoms with E-state index in [2.05, 4.69) is 52.0 Å². The Labute approximate surface area is 280 Å². The highest BCUT2D eigenvalue weighted by molar-refractivity contribution is 6.27. The van der Waals surface area contributed by atoms with Crippen LogP contribution < -0.4 is 11.1 Å². The van der Waals surface area contributed by atoms with Gasteiger partial charge in [0, 0.05) is 32.3 Å². The number of unbranched alkanes of at least 4 members (excludes halogenated alkanes) is 4. The molecule has 4 aromatic carbocycles. The fraction of sp³-hybridized carbons (Fsp3) is 0.381. The topological polar surface area (TPSA) is 68.7 Å². The Hall–Kier alpha value is -4.58. The summed E-state index contributed by atoms with van der Waals surface area (Å²) in [6, 6.07) is 16.9. The number of rotatable bonds is 12. The van der Waals surface area contributed by atoms with Crippen LogP contribution in [0, 0.1) is 0 Å². The van der Waals surface area contributed by atoms with Crippen molar-refractivity contribution in [3.8, 4) is 0 Å². The molecule has 0 unspecified atom stereocenters. The molecular formula is C42H44N4O2. The Balaban J connectivity index is 1.46. The zero-order chi connectivity index (χ0) is 33.1. The smallest absolute Gasteiger partial charge is 0.264 e. The first kappa shape index (κ1) is 30.7. The van der Waals surface area contributed by atoms with Crippen molar-refractivity contribution < 1.29 is 0 Å². The summed E-state index contributed by atoms with van der Waals surface area (Å²) >= 11 is 0. The molecule has 6 heteroatoms. The summed E-state index contributed by atoms with van der Waals surface area (Å²) in [6.07, 6.45) is 12.7. The van der Waals surface area contributed by atoms with Crippen LogP contribution in [0.3, 0.4) is 0 Å². The molecule has 0 saturated carbocycles. The number of benzene rings is 4. The maximum atomic E-state index is 14.5. The first-order valence-electron chi connectivity index (χ1n) is 18.3. The zero-order valence-corrected chi connectivity index (χ0v) is 28.7. The van der Waals surface area contributed by atoms with Crippen LogP contribution in [0.5, 0.6) is 0 Å². The van der Waals surface area contributed by atoms with Crippen molar-refractivity contribution in [2.75, 3.05) is 0 Å². The fourth-order valence-corrected chi connectivity index (χ4v) is 8.03. The lowest BCUT2D eigenvalue weighted by molar-refractivity contribution is 0.783. The standard InChI is InChI=1S/C42H44N4O2/c1-5-9-13-25-21-27(15-11-7-3)37-33(23-25)45-39(43-37)29-17-20-32-36-30(18-19-31(35(29)36)41(45)47)40-44-38-28(16-12-8-4)22-26(14-10-6-2)24-34(38)46(40)42(32)48/h17-24H,5-16H2,1-4H3. The SMILES string of the molecule is CCCCc1cc(CCCC)c2nc3c4ccc5c(=O)n6c7cc(CCCC)cc(CCCC)c7nc6c6ccc(c(=O)n3c2c1)c4c56. The third-order valence-corrected chi connectivity index (χ3v) is 10.5. The van der Waals surface area contributed by atoms with Gasteiger partial charge in [0.2, 0.25) is 0 Å². The van der Waals surface area contributed by atoms with Crippen LogP contribution >= 0.6 is 0 Å². The summed E-state index contributed by atoms with van der Waals surface area (Å²) in [7, 11) is 0. The molecule has 0 aliphatic carbocycles. The molecule has 0 fully saturated rings. The van der Waals surface area contributed by atoms with Crippen molar-refractivity contribution >= 4 is 65.7 Å². The van der Waals surface area contributed by atoms with Crippen LogP contribution in [0.1, 0.15) is 101 Å². The summed E-state index contributed by atoms with van der Waals surface area (Å²) < 4.78 is 3.66. The van der Waals surface area contributed by atoms with Crippen molar-refractivity contribution in [1.82, 2.24) is 18.8 Å². The average Bonchev–Trinajstić information content (AvgIpc) is 3.69. The van der Waals surface area contributed by atoms with E-state index in [9.17, 15) is 9.59 Å². The minimum atomic E-state index is -0.0771. The number of hydrogen-bond donors (Lipinski definition) is 0. The molecule has 0 N–H and O–H groups in total. The van der Waals surface area contributed by atoms with E-state index in [0.717, 1.165) is 121 Å². The summed E-state index contributed by atoms with van der Waals surface area (Å²) in [4.78, 5) is 39.4. The quantitative estimate of drug-likeness (QED) is 0.125. The fourth-order valence-electron chi connectivity index (χ4n) is 8.03. The summed E-state index contributed by atoms with van der Waals surface area (Å²) in [5.41, 5.74) is 9.78. The molecule has 0 atom stereocenters. The van der Waals surface area contributed by atoms with Crippen molar-refractivity contribution in [1.29, 1.82) is 0 Å². The Kier molecular flexibility index (Phi) is 7.77. The lowest BCUT2D eigenvalue weighted by Crippen LogP contribution is -2.16. The van der Waals surface area contributed by atoms with Gasteiger partial charge in [-0.25, -0.2) is 9.97 Å². The third kappa shape index (κ3) is 4.59. The van der Waals surface area contributed by atoms with Gasteiger partial charge in [0.15, 0.2) is 0 Å². The van der Waals surface area contributed by atoms with E-state index in [1.807, 2.05) is 33.1 Å². The summed E-state index contributed by atoms with van der Waals surface area (Å²) in [5, 5.41) is 4.69. The molecule has 6 nitrogen and oxygen atoms in total. The van der Waals surface area contributed by atoms with Gasteiger partial charge in [0.1, 0.15) is 11.3 Å². The van der Waals surface area contributed by atoms with Gasteiger partial charge in [-0.3, -0.25) is 18.4 Å². The second kappa shape index (κ2) is 12.1. The van der Waals surface area contributed by atoms with Crippen LogP contribution in [0.4, 0.5) is 0 Å². The van der Waals surface area contributed by atoms with E-state index < -0.39 is 0 Å². The van der Waals surface area contributed by atoms with Crippen LogP contribution in [0.2, 0.25) is 0 Å². The third-order valence-electron chi connectivity index (χ3n) is 10.5. The number of fused-ring (bicyclic) bond motifs is 8. The molecule has 0 aliphatic heterocycles. The molecule has 0 radical (unpaired) electrons. The number of nitrogens with zero attached hydrogens (tertiary/aromatic N) is 4. The predicted octanol–water partition coefficient (Wildman–Crippen LogP) is 9.71. The molecular weight excluding hydrogens is 592 g/mol. The first-order valence-corrected chi connectivity index (χ1v) is 18.3. The highest BCUT2D eigenvalue weighted by Crippen LogP contribution is 2.38. The lowest BCUT2D eigenvalue weighted by Gasteiger charge is -2.12. The van der Waals surface area contributed by atoms with Crippen molar-refractivity contribution in [2.24, 2.45) is 0 Å². The Morgan fingerprint density at radius 3 is 1.27 bits per heavy atom. The van der Waals surface area contributed by atoms with Gasteiger partial charge < -0.3 is 0 Å². The molecule has 0 amide bonds. The van der Waals surface area contributed by atoms with Crippen LogP contribution in [0.15, 0.2) is 58.1 Å². The number of imidazole rings is 2. The van der Waals surface area contributed by atoms with Gasteiger partial charge in [-0.1, -0.05) is 65.5 Å². The number of pyridine rings is 2. The van der Waals surface area contributed by atoms with Gasteiger partial charge >= 0.3 is 0 Å². The molecule has 4 aromatic heterocycles. The van der Waals surface area contributed by atoms with E-state index in [1.165, 1.54) is 22.3 Å².